The molecule has 3 aromatic rings. The number of pyridine rings is 2. The van der Waals surface area contributed by atoms with Gasteiger partial charge in [0.2, 0.25) is 0 Å². The number of anilines is 2. The number of rotatable bonds is 8. The van der Waals surface area contributed by atoms with Crippen LogP contribution in [0, 0.1) is 0 Å². The third-order valence-corrected chi connectivity index (χ3v) is 5.74. The first kappa shape index (κ1) is 24.5. The minimum atomic E-state index is -4.60. The van der Waals surface area contributed by atoms with Crippen molar-refractivity contribution in [3.05, 3.63) is 77.7 Å². The van der Waals surface area contributed by atoms with Crippen molar-refractivity contribution in [3.63, 3.8) is 0 Å². The lowest BCUT2D eigenvalue weighted by Gasteiger charge is -2.22. The van der Waals surface area contributed by atoms with Crippen LogP contribution in [0.5, 0.6) is 5.75 Å². The van der Waals surface area contributed by atoms with Crippen LogP contribution in [0.15, 0.2) is 61.1 Å². The highest BCUT2D eigenvalue weighted by Crippen LogP contribution is 2.35. The molecule has 1 fully saturated rings. The number of nitrogens with zero attached hydrogens (tertiary/aromatic N) is 2. The quantitative estimate of drug-likeness (QED) is 0.422. The van der Waals surface area contributed by atoms with Gasteiger partial charge in [-0.1, -0.05) is 0 Å². The van der Waals surface area contributed by atoms with Crippen LogP contribution in [0.1, 0.15) is 41.3 Å². The fourth-order valence-electron chi connectivity index (χ4n) is 3.93. The number of carbonyl (C=O) groups is 1. The largest absolute Gasteiger partial charge is 0.489 e. The summed E-state index contributed by atoms with van der Waals surface area (Å²) in [6, 6.07) is 10.1. The van der Waals surface area contributed by atoms with Gasteiger partial charge in [-0.05, 0) is 68.3 Å². The molecule has 3 heterocycles. The Labute approximate surface area is 201 Å². The van der Waals surface area contributed by atoms with E-state index in [1.807, 2.05) is 19.1 Å². The molecule has 2 aromatic heterocycles. The first-order valence-corrected chi connectivity index (χ1v) is 11.3. The number of carbonyl (C=O) groups excluding carboxylic acids is 1. The normalized spacial score (nSPS) is 16.5. The molecule has 3 N–H and O–H groups in total. The van der Waals surface area contributed by atoms with Gasteiger partial charge in [-0.3, -0.25) is 9.78 Å². The number of benzene rings is 1. The second kappa shape index (κ2) is 10.7. The van der Waals surface area contributed by atoms with E-state index >= 15 is 0 Å². The molecule has 1 amide bonds. The van der Waals surface area contributed by atoms with Crippen molar-refractivity contribution < 1.29 is 22.7 Å². The van der Waals surface area contributed by atoms with Crippen molar-refractivity contribution in [1.82, 2.24) is 15.3 Å². The first-order chi connectivity index (χ1) is 16.8. The number of hydrogen-bond donors (Lipinski definition) is 3. The maximum absolute atomic E-state index is 13.6. The van der Waals surface area contributed by atoms with Crippen molar-refractivity contribution in [2.75, 3.05) is 17.2 Å². The molecule has 7 nitrogen and oxygen atoms in total. The number of aromatic nitrogens is 2. The Balaban J connectivity index is 1.53. The van der Waals surface area contributed by atoms with Crippen LogP contribution in [0.2, 0.25) is 0 Å². The zero-order valence-electron chi connectivity index (χ0n) is 19.1. The highest BCUT2D eigenvalue weighted by Gasteiger charge is 2.32. The summed E-state index contributed by atoms with van der Waals surface area (Å²) in [6.07, 6.45) is 1.79. The monoisotopic (exact) mass is 485 g/mol. The molecule has 2 atom stereocenters. The average Bonchev–Trinajstić information content (AvgIpc) is 3.38. The predicted molar refractivity (Wildman–Crippen MR) is 126 cm³/mol. The number of ether oxygens (including phenoxy) is 1. The predicted octanol–water partition coefficient (Wildman–Crippen LogP) is 4.88. The molecule has 184 valence electrons. The van der Waals surface area contributed by atoms with Gasteiger partial charge in [0.1, 0.15) is 17.7 Å². The molecule has 0 radical (unpaired) electrons. The molecular weight excluding hydrogens is 459 g/mol. The maximum atomic E-state index is 13.6. The van der Waals surface area contributed by atoms with E-state index in [-0.39, 0.29) is 29.1 Å². The smallest absolute Gasteiger partial charge is 0.416 e. The Bertz CT molecular complexity index is 1150. The van der Waals surface area contributed by atoms with Crippen molar-refractivity contribution >= 4 is 17.4 Å². The standard InChI is InChI=1S/C25H26F3N5O2/c1-16(22-5-3-8-30-22)35-20-13-18(25(26,27)28)12-19(14-20)33-24(34)21-4-2-9-31-23(21)32-15-17-6-10-29-11-7-17/h2,4,6-7,9-14,16,22,30H,3,5,8,15H2,1H3,(H,31,32)(H,33,34). The van der Waals surface area contributed by atoms with Crippen LogP contribution in [0.3, 0.4) is 0 Å². The summed E-state index contributed by atoms with van der Waals surface area (Å²) in [6.45, 7) is 3.07. The topological polar surface area (TPSA) is 88.2 Å². The Hall–Kier alpha value is -3.66. The van der Waals surface area contributed by atoms with Gasteiger partial charge in [0.15, 0.2) is 0 Å². The minimum Gasteiger partial charge on any atom is -0.489 e. The van der Waals surface area contributed by atoms with E-state index < -0.39 is 17.6 Å². The summed E-state index contributed by atoms with van der Waals surface area (Å²) < 4.78 is 46.5. The van der Waals surface area contributed by atoms with Crippen LogP contribution >= 0.6 is 0 Å². The summed E-state index contributed by atoms with van der Waals surface area (Å²) in [5.74, 6) is -0.240. The maximum Gasteiger partial charge on any atom is 0.416 e. The Morgan fingerprint density at radius 2 is 2.00 bits per heavy atom. The molecule has 0 aliphatic carbocycles. The Morgan fingerprint density at radius 1 is 1.20 bits per heavy atom. The van der Waals surface area contributed by atoms with E-state index in [0.29, 0.717) is 12.4 Å². The second-order valence-electron chi connectivity index (χ2n) is 8.33. The van der Waals surface area contributed by atoms with Gasteiger partial charge in [0, 0.05) is 42.9 Å². The molecule has 1 saturated heterocycles. The van der Waals surface area contributed by atoms with Crippen LogP contribution in [-0.2, 0) is 12.7 Å². The number of amides is 1. The second-order valence-corrected chi connectivity index (χ2v) is 8.33. The summed E-state index contributed by atoms with van der Waals surface area (Å²) in [5, 5.41) is 8.94. The molecule has 10 heteroatoms. The molecule has 2 unspecified atom stereocenters. The molecule has 4 rings (SSSR count). The fraction of sp³-hybridized carbons (Fsp3) is 0.320. The molecule has 1 aliphatic heterocycles. The molecule has 0 bridgehead atoms. The van der Waals surface area contributed by atoms with Crippen LogP contribution in [0.4, 0.5) is 24.7 Å². The van der Waals surface area contributed by atoms with Gasteiger partial charge in [-0.25, -0.2) is 4.98 Å². The molecule has 35 heavy (non-hydrogen) atoms. The number of hydrogen-bond acceptors (Lipinski definition) is 6. The number of alkyl halides is 3. The minimum absolute atomic E-state index is 0.0182. The van der Waals surface area contributed by atoms with Gasteiger partial charge in [-0.15, -0.1) is 0 Å². The molecule has 1 aromatic carbocycles. The zero-order chi connectivity index (χ0) is 24.8. The van der Waals surface area contributed by atoms with Gasteiger partial charge in [-0.2, -0.15) is 13.2 Å². The van der Waals surface area contributed by atoms with E-state index in [9.17, 15) is 18.0 Å². The Morgan fingerprint density at radius 3 is 2.71 bits per heavy atom. The third kappa shape index (κ3) is 6.48. The summed E-state index contributed by atoms with van der Waals surface area (Å²) in [7, 11) is 0. The molecule has 0 saturated carbocycles. The van der Waals surface area contributed by atoms with E-state index in [4.69, 9.17) is 4.74 Å². The van der Waals surface area contributed by atoms with Crippen molar-refractivity contribution in [3.8, 4) is 5.75 Å². The van der Waals surface area contributed by atoms with E-state index in [1.54, 1.807) is 24.5 Å². The van der Waals surface area contributed by atoms with Crippen molar-refractivity contribution in [1.29, 1.82) is 0 Å². The van der Waals surface area contributed by atoms with E-state index in [1.165, 1.54) is 12.3 Å². The molecule has 0 spiro atoms. The van der Waals surface area contributed by atoms with Gasteiger partial charge in [0.25, 0.3) is 5.91 Å². The van der Waals surface area contributed by atoms with E-state index in [0.717, 1.165) is 37.1 Å². The van der Waals surface area contributed by atoms with Gasteiger partial charge in [0.05, 0.1) is 11.1 Å². The number of halogens is 3. The fourth-order valence-corrected chi connectivity index (χ4v) is 3.93. The zero-order valence-corrected chi connectivity index (χ0v) is 19.1. The lowest BCUT2D eigenvalue weighted by Crippen LogP contribution is -2.36. The molecular formula is C25H26F3N5O2. The average molecular weight is 486 g/mol. The molecule has 1 aliphatic rings. The summed E-state index contributed by atoms with van der Waals surface area (Å²) in [4.78, 5) is 21.2. The highest BCUT2D eigenvalue weighted by atomic mass is 19.4. The number of nitrogens with one attached hydrogen (secondary N) is 3. The lowest BCUT2D eigenvalue weighted by molar-refractivity contribution is -0.137. The Kier molecular flexibility index (Phi) is 7.50. The van der Waals surface area contributed by atoms with E-state index in [2.05, 4.69) is 25.9 Å². The van der Waals surface area contributed by atoms with Crippen molar-refractivity contribution in [2.24, 2.45) is 0 Å². The summed E-state index contributed by atoms with van der Waals surface area (Å²) in [5.41, 5.74) is 0.210. The van der Waals surface area contributed by atoms with Gasteiger partial charge < -0.3 is 20.7 Å². The SMILES string of the molecule is CC(Oc1cc(NC(=O)c2cccnc2NCc2ccncc2)cc(C(F)(F)F)c1)C1CCCN1. The van der Waals surface area contributed by atoms with Gasteiger partial charge >= 0.3 is 6.18 Å². The van der Waals surface area contributed by atoms with Crippen LogP contribution < -0.4 is 20.7 Å². The first-order valence-electron chi connectivity index (χ1n) is 11.3. The van der Waals surface area contributed by atoms with Crippen molar-refractivity contribution in [2.45, 2.75) is 44.6 Å². The summed E-state index contributed by atoms with van der Waals surface area (Å²) >= 11 is 0. The third-order valence-electron chi connectivity index (χ3n) is 5.74. The van der Waals surface area contributed by atoms with Crippen LogP contribution in [-0.4, -0.2) is 34.6 Å². The lowest BCUT2D eigenvalue weighted by atomic mass is 10.1. The van der Waals surface area contributed by atoms with Crippen LogP contribution in [0.25, 0.3) is 0 Å². The highest BCUT2D eigenvalue weighted by molar-refractivity contribution is 6.07.